The number of aromatic nitrogens is 6. The van der Waals surface area contributed by atoms with E-state index in [0.717, 1.165) is 4.52 Å². The van der Waals surface area contributed by atoms with Crippen molar-refractivity contribution in [3.63, 3.8) is 0 Å². The van der Waals surface area contributed by atoms with Gasteiger partial charge in [0.15, 0.2) is 21.6 Å². The highest BCUT2D eigenvalue weighted by molar-refractivity contribution is 7.90. The molecule has 0 saturated heterocycles. The first-order valence-corrected chi connectivity index (χ1v) is 16.7. The molecule has 44 heavy (non-hydrogen) atoms. The zero-order valence-corrected chi connectivity index (χ0v) is 28.1. The zero-order valence-electron chi connectivity index (χ0n) is 24.2. The van der Waals surface area contributed by atoms with Crippen LogP contribution in [0.4, 0.5) is 0 Å². The summed E-state index contributed by atoms with van der Waals surface area (Å²) in [6.45, 7) is 16.8. The van der Waals surface area contributed by atoms with Crippen LogP contribution in [0, 0.1) is 11.8 Å². The van der Waals surface area contributed by atoms with Gasteiger partial charge in [-0.15, -0.1) is 4.40 Å². The Kier molecular flexibility index (Phi) is 13.3. The van der Waals surface area contributed by atoms with E-state index < -0.39 is 20.0 Å². The molecule has 3 N–H and O–H groups in total. The lowest BCUT2D eigenvalue weighted by Gasteiger charge is -2.23. The maximum absolute atomic E-state index is 12.8. The Morgan fingerprint density at radius 3 is 1.66 bits per heavy atom. The predicted molar refractivity (Wildman–Crippen MR) is 173 cm³/mol. The third-order valence-corrected chi connectivity index (χ3v) is 8.20. The quantitative estimate of drug-likeness (QED) is 0.179. The van der Waals surface area contributed by atoms with Crippen LogP contribution in [-0.2, 0) is 20.0 Å². The summed E-state index contributed by atoms with van der Waals surface area (Å²) in [5.74, 6) is 0.748. The summed E-state index contributed by atoms with van der Waals surface area (Å²) in [5.41, 5.74) is 1.63. The van der Waals surface area contributed by atoms with Gasteiger partial charge in [-0.2, -0.15) is 27.6 Å². The molecule has 0 spiro atoms. The van der Waals surface area contributed by atoms with Crippen LogP contribution < -0.4 is 5.14 Å². The van der Waals surface area contributed by atoms with Gasteiger partial charge in [0.05, 0.1) is 23.3 Å². The molecule has 0 aliphatic rings. The lowest BCUT2D eigenvalue weighted by molar-refractivity contribution is 0.336. The highest BCUT2D eigenvalue weighted by Crippen LogP contribution is 2.24. The lowest BCUT2D eigenvalue weighted by Crippen LogP contribution is -2.30. The van der Waals surface area contributed by atoms with E-state index in [1.807, 2.05) is 4.90 Å². The van der Waals surface area contributed by atoms with E-state index in [0.29, 0.717) is 47.6 Å². The third-order valence-electron chi connectivity index (χ3n) is 5.32. The maximum Gasteiger partial charge on any atom is 0.304 e. The second-order valence-corrected chi connectivity index (χ2v) is 13.6. The summed E-state index contributed by atoms with van der Waals surface area (Å²) in [6, 6.07) is 6.52. The van der Waals surface area contributed by atoms with E-state index in [1.54, 1.807) is 24.3 Å². The molecule has 0 unspecified atom stereocenters. The highest BCUT2D eigenvalue weighted by atomic mass is 35.5. The number of nitrogens with two attached hydrogens (primary N) is 1. The van der Waals surface area contributed by atoms with E-state index in [4.69, 9.17) is 33.0 Å². The molecule has 0 aromatic carbocycles. The molecule has 0 atom stereocenters. The van der Waals surface area contributed by atoms with Gasteiger partial charge in [-0.05, 0) is 48.3 Å². The Morgan fingerprint density at radius 1 is 0.864 bits per heavy atom. The van der Waals surface area contributed by atoms with Crippen LogP contribution in [0.2, 0.25) is 10.3 Å². The molecule has 0 amide bonds. The van der Waals surface area contributed by atoms with Gasteiger partial charge in [-0.25, -0.2) is 23.5 Å². The normalized spacial score (nSPS) is 11.9. The number of primary sulfonamides is 1. The third kappa shape index (κ3) is 9.44. The Bertz CT molecular complexity index is 1860. The Balaban J connectivity index is 0.000000320. The molecule has 0 radical (unpaired) electrons. The summed E-state index contributed by atoms with van der Waals surface area (Å²) in [6.07, 6.45) is 4.35. The summed E-state index contributed by atoms with van der Waals surface area (Å²) >= 11 is 15.4. The molecule has 14 nitrogen and oxygen atoms in total. The first-order valence-electron chi connectivity index (χ1n) is 12.7. The fourth-order valence-electron chi connectivity index (χ4n) is 3.76. The molecule has 19 heteroatoms. The van der Waals surface area contributed by atoms with Crippen LogP contribution >= 0.6 is 35.1 Å². The van der Waals surface area contributed by atoms with Gasteiger partial charge >= 0.3 is 10.0 Å². The molecule has 0 saturated carbocycles. The van der Waals surface area contributed by atoms with E-state index >= 15 is 0 Å². The number of rotatable bonds is 10. The standard InChI is InChI=1S/C17H24ClN5O2S.C8H7ClN4O2S.ClHO/c1-6-14-7-8-15-20-16(18)17(23(15)21-14)26(24,25)19-11-22(9-12(2)3)10-13(4)5;1-2-5-3-4-6-11-7(9)8(13(6)12-5)16(10,14)15;1-2/h6-8,11-13H,1,9-10H2,2-5H3;2-4H,1H2,(H2,10,14,15);2H. The SMILES string of the molecule is C=Cc1ccc2nc(Cl)c(S(=O)(=O)N=CN(CC(C)C)CC(C)C)n2n1.C=Cc1ccc2nc(Cl)c(S(N)(=O)=O)n2n1.OCl. The van der Waals surface area contributed by atoms with Crippen molar-refractivity contribution in [1.29, 1.82) is 0 Å². The molecule has 0 aliphatic heterocycles. The van der Waals surface area contributed by atoms with Crippen molar-refractivity contribution in [2.45, 2.75) is 37.7 Å². The topological polar surface area (TPSA) is 191 Å². The number of imidazole rings is 2. The first-order chi connectivity index (χ1) is 20.6. The number of hydrogen-bond acceptors (Lipinski definition) is 9. The van der Waals surface area contributed by atoms with E-state index in [9.17, 15) is 16.8 Å². The van der Waals surface area contributed by atoms with Crippen LogP contribution in [0.15, 0.2) is 51.9 Å². The monoisotopic (exact) mass is 707 g/mol. The fraction of sp³-hybridized carbons (Fsp3) is 0.320. The van der Waals surface area contributed by atoms with E-state index in [1.165, 1.54) is 23.0 Å². The van der Waals surface area contributed by atoms with Crippen molar-refractivity contribution in [2.75, 3.05) is 13.1 Å². The molecule has 240 valence electrons. The van der Waals surface area contributed by atoms with Gasteiger partial charge in [0.2, 0.25) is 10.1 Å². The molecular formula is C25H32Cl3N9O5S2. The molecule has 4 aromatic rings. The minimum atomic E-state index is -4.07. The van der Waals surface area contributed by atoms with Crippen molar-refractivity contribution in [3.8, 4) is 0 Å². The summed E-state index contributed by atoms with van der Waals surface area (Å²) in [4.78, 5) is 9.77. The summed E-state index contributed by atoms with van der Waals surface area (Å²) in [5, 5.41) is 12.3. The highest BCUT2D eigenvalue weighted by Gasteiger charge is 2.25. The predicted octanol–water partition coefficient (Wildman–Crippen LogP) is 4.16. The molecule has 0 bridgehead atoms. The average Bonchev–Trinajstić information content (AvgIpc) is 3.46. The van der Waals surface area contributed by atoms with Gasteiger partial charge in [-0.1, -0.05) is 64.1 Å². The molecule has 4 rings (SSSR count). The Morgan fingerprint density at radius 2 is 1.27 bits per heavy atom. The molecule has 0 aliphatic carbocycles. The lowest BCUT2D eigenvalue weighted by atomic mass is 10.1. The summed E-state index contributed by atoms with van der Waals surface area (Å²) < 4.78 is 60.7. The average molecular weight is 709 g/mol. The van der Waals surface area contributed by atoms with Crippen molar-refractivity contribution in [2.24, 2.45) is 21.4 Å². The number of nitrogens with zero attached hydrogens (tertiary/aromatic N) is 8. The van der Waals surface area contributed by atoms with Crippen LogP contribution in [0.1, 0.15) is 39.1 Å². The van der Waals surface area contributed by atoms with Crippen LogP contribution in [0.25, 0.3) is 23.4 Å². The van der Waals surface area contributed by atoms with Crippen molar-refractivity contribution < 1.29 is 21.5 Å². The fourth-order valence-corrected chi connectivity index (χ4v) is 6.33. The maximum atomic E-state index is 12.8. The molecule has 4 aromatic heterocycles. The zero-order chi connectivity index (χ0) is 33.4. The van der Waals surface area contributed by atoms with E-state index in [-0.39, 0.29) is 20.4 Å². The van der Waals surface area contributed by atoms with Gasteiger partial charge < -0.3 is 4.90 Å². The molecule has 0 fully saturated rings. The number of halogens is 3. The first kappa shape index (κ1) is 37.1. The van der Waals surface area contributed by atoms with Gasteiger partial charge in [0, 0.05) is 13.1 Å². The number of sulfonamides is 2. The number of fused-ring (bicyclic) bond motifs is 2. The van der Waals surface area contributed by atoms with Crippen LogP contribution in [0.3, 0.4) is 0 Å². The van der Waals surface area contributed by atoms with Crippen LogP contribution in [-0.4, -0.2) is 75.0 Å². The van der Waals surface area contributed by atoms with Gasteiger partial charge in [-0.3, -0.25) is 4.66 Å². The second-order valence-electron chi connectivity index (χ2n) is 9.86. The van der Waals surface area contributed by atoms with Crippen LogP contribution in [0.5, 0.6) is 0 Å². The van der Waals surface area contributed by atoms with Gasteiger partial charge in [0.1, 0.15) is 6.34 Å². The minimum absolute atomic E-state index is 0.157. The van der Waals surface area contributed by atoms with Crippen molar-refractivity contribution in [3.05, 3.63) is 59.1 Å². The second kappa shape index (κ2) is 15.7. The largest absolute Gasteiger partial charge is 0.361 e. The number of hydrogen-bond donors (Lipinski definition) is 2. The van der Waals surface area contributed by atoms with E-state index in [2.05, 4.69) is 77.3 Å². The Hall–Kier alpha value is -3.12. The smallest absolute Gasteiger partial charge is 0.304 e. The Labute approximate surface area is 270 Å². The summed E-state index contributed by atoms with van der Waals surface area (Å²) in [7, 11) is -8.04. The minimum Gasteiger partial charge on any atom is -0.361 e. The molecule has 4 heterocycles. The van der Waals surface area contributed by atoms with Crippen molar-refractivity contribution in [1.82, 2.24) is 34.1 Å². The molecular weight excluding hydrogens is 677 g/mol. The van der Waals surface area contributed by atoms with Gasteiger partial charge in [0.25, 0.3) is 10.0 Å². The van der Waals surface area contributed by atoms with Crippen molar-refractivity contribution >= 4 is 84.9 Å².